The third-order valence-electron chi connectivity index (χ3n) is 3.07. The third kappa shape index (κ3) is 3.76. The van der Waals surface area contributed by atoms with Crippen molar-refractivity contribution in [2.24, 2.45) is 5.41 Å². The van der Waals surface area contributed by atoms with Crippen LogP contribution in [0.25, 0.3) is 0 Å². The maximum atomic E-state index is 10.9. The van der Waals surface area contributed by atoms with Crippen LogP contribution in [0.3, 0.4) is 0 Å². The van der Waals surface area contributed by atoms with Crippen molar-refractivity contribution >= 4 is 10.1 Å². The highest BCUT2D eigenvalue weighted by Crippen LogP contribution is 2.35. The van der Waals surface area contributed by atoms with Crippen LogP contribution >= 0.6 is 0 Å². The normalized spacial score (nSPS) is 25.6. The van der Waals surface area contributed by atoms with Crippen molar-refractivity contribution < 1.29 is 13.0 Å². The van der Waals surface area contributed by atoms with Gasteiger partial charge in [0.25, 0.3) is 10.1 Å². The monoisotopic (exact) mass is 244 g/mol. The van der Waals surface area contributed by atoms with E-state index in [9.17, 15) is 8.42 Å². The average Bonchev–Trinajstić information content (AvgIpc) is 2.17. The molecule has 0 aliphatic heterocycles. The predicted molar refractivity (Wildman–Crippen MR) is 65.6 cm³/mol. The van der Waals surface area contributed by atoms with Crippen molar-refractivity contribution in [3.05, 3.63) is 23.1 Å². The molecule has 16 heavy (non-hydrogen) atoms. The van der Waals surface area contributed by atoms with E-state index < -0.39 is 10.1 Å². The maximum absolute atomic E-state index is 10.9. The Morgan fingerprint density at radius 3 is 2.56 bits per heavy atom. The summed E-state index contributed by atoms with van der Waals surface area (Å²) in [6.07, 6.45) is 10.3. The minimum atomic E-state index is -4.03. The van der Waals surface area contributed by atoms with E-state index in [1.807, 2.05) is 6.08 Å². The van der Waals surface area contributed by atoms with E-state index in [1.54, 1.807) is 6.08 Å². The van der Waals surface area contributed by atoms with Crippen molar-refractivity contribution in [3.63, 3.8) is 0 Å². The lowest BCUT2D eigenvalue weighted by Gasteiger charge is -2.27. The van der Waals surface area contributed by atoms with E-state index in [2.05, 4.69) is 13.8 Å². The molecule has 4 heteroatoms. The zero-order valence-corrected chi connectivity index (χ0v) is 10.8. The Hall–Kier alpha value is -0.610. The van der Waals surface area contributed by atoms with Crippen molar-refractivity contribution in [1.29, 1.82) is 0 Å². The molecule has 1 aliphatic rings. The second-order valence-corrected chi connectivity index (χ2v) is 6.15. The predicted octanol–water partition coefficient (Wildman–Crippen LogP) is 3.30. The summed E-state index contributed by atoms with van der Waals surface area (Å²) in [5.74, 6) is 0. The topological polar surface area (TPSA) is 54.4 Å². The smallest absolute Gasteiger partial charge is 0.282 e. The van der Waals surface area contributed by atoms with Crippen molar-refractivity contribution in [2.75, 3.05) is 0 Å². The molecule has 0 saturated carbocycles. The van der Waals surface area contributed by atoms with Crippen molar-refractivity contribution in [3.8, 4) is 0 Å². The van der Waals surface area contributed by atoms with Crippen LogP contribution in [-0.4, -0.2) is 13.0 Å². The van der Waals surface area contributed by atoms with Crippen molar-refractivity contribution in [2.45, 2.75) is 46.0 Å². The highest BCUT2D eigenvalue weighted by molar-refractivity contribution is 7.90. The molecule has 0 amide bonds. The molecule has 0 bridgehead atoms. The Bertz CT molecular complexity index is 392. The van der Waals surface area contributed by atoms with Gasteiger partial charge in [0.05, 0.1) is 4.91 Å². The molecule has 0 spiro atoms. The first-order chi connectivity index (χ1) is 7.37. The summed E-state index contributed by atoms with van der Waals surface area (Å²) in [6.45, 7) is 4.28. The molecule has 1 unspecified atom stereocenters. The molecular weight excluding hydrogens is 224 g/mol. The molecule has 0 radical (unpaired) electrons. The minimum absolute atomic E-state index is 0.0282. The van der Waals surface area contributed by atoms with E-state index in [0.717, 1.165) is 12.8 Å². The van der Waals surface area contributed by atoms with Crippen molar-refractivity contribution in [1.82, 2.24) is 0 Å². The van der Waals surface area contributed by atoms with Crippen LogP contribution in [0, 0.1) is 5.41 Å². The molecular formula is C12H20O3S. The lowest BCUT2D eigenvalue weighted by molar-refractivity contribution is 0.373. The Morgan fingerprint density at radius 1 is 1.44 bits per heavy atom. The van der Waals surface area contributed by atoms with Crippen LogP contribution in [0.2, 0.25) is 0 Å². The molecule has 0 fully saturated rings. The van der Waals surface area contributed by atoms with E-state index in [-0.39, 0.29) is 10.3 Å². The van der Waals surface area contributed by atoms with E-state index >= 15 is 0 Å². The first kappa shape index (κ1) is 13.5. The van der Waals surface area contributed by atoms with Crippen LogP contribution in [0.1, 0.15) is 46.0 Å². The number of unbranched alkanes of at least 4 members (excludes halogenated alkanes) is 2. The lowest BCUT2D eigenvalue weighted by Crippen LogP contribution is -2.16. The van der Waals surface area contributed by atoms with Crippen LogP contribution in [-0.2, 0) is 10.1 Å². The maximum Gasteiger partial charge on any atom is 0.294 e. The zero-order valence-electron chi connectivity index (χ0n) is 9.94. The van der Waals surface area contributed by atoms with Gasteiger partial charge in [-0.15, -0.1) is 0 Å². The molecule has 1 N–H and O–H groups in total. The second kappa shape index (κ2) is 5.15. The Labute approximate surface area is 98.0 Å². The molecule has 0 aromatic carbocycles. The first-order valence-corrected chi connectivity index (χ1v) is 7.18. The van der Waals surface area contributed by atoms with Crippen LogP contribution in [0.4, 0.5) is 0 Å². The van der Waals surface area contributed by atoms with Crippen LogP contribution in [0.5, 0.6) is 0 Å². The molecule has 0 saturated heterocycles. The highest BCUT2D eigenvalue weighted by atomic mass is 32.2. The van der Waals surface area contributed by atoms with Gasteiger partial charge in [-0.05, 0) is 24.3 Å². The highest BCUT2D eigenvalue weighted by Gasteiger charge is 2.24. The quantitative estimate of drug-likeness (QED) is 0.596. The Morgan fingerprint density at radius 2 is 2.12 bits per heavy atom. The van der Waals surface area contributed by atoms with Gasteiger partial charge in [-0.3, -0.25) is 4.55 Å². The lowest BCUT2D eigenvalue weighted by atomic mass is 9.79. The van der Waals surface area contributed by atoms with Crippen LogP contribution in [0.15, 0.2) is 23.1 Å². The molecule has 3 nitrogen and oxygen atoms in total. The van der Waals surface area contributed by atoms with Gasteiger partial charge in [-0.1, -0.05) is 45.3 Å². The van der Waals surface area contributed by atoms with E-state index in [1.165, 1.54) is 18.9 Å². The van der Waals surface area contributed by atoms with Gasteiger partial charge in [0, 0.05) is 0 Å². The molecule has 0 heterocycles. The summed E-state index contributed by atoms with van der Waals surface area (Å²) in [7, 11) is -4.03. The standard InChI is InChI=1S/C12H20O3S/c1-3-4-5-8-12(2)9-6-11(7-10-12)16(13,14)15/h6-7,9H,3-5,8,10H2,1-2H3,(H,13,14,15). The van der Waals surface area contributed by atoms with Gasteiger partial charge < -0.3 is 0 Å². The summed E-state index contributed by atoms with van der Waals surface area (Å²) in [5.41, 5.74) is 0.0450. The molecule has 0 aromatic rings. The molecule has 0 aromatic heterocycles. The third-order valence-corrected chi connectivity index (χ3v) is 3.97. The minimum Gasteiger partial charge on any atom is -0.282 e. The fraction of sp³-hybridized carbons (Fsp3) is 0.667. The molecule has 1 rings (SSSR count). The summed E-state index contributed by atoms with van der Waals surface area (Å²) in [4.78, 5) is 0.0282. The van der Waals surface area contributed by atoms with Gasteiger partial charge in [-0.25, -0.2) is 0 Å². The number of allylic oxidation sites excluding steroid dienone is 3. The summed E-state index contributed by atoms with van der Waals surface area (Å²) < 4.78 is 30.7. The van der Waals surface area contributed by atoms with E-state index in [0.29, 0.717) is 6.42 Å². The fourth-order valence-corrected chi connectivity index (χ4v) is 2.44. The SMILES string of the molecule is CCCCCC1(C)C=CC(S(=O)(=O)O)=CC1. The summed E-state index contributed by atoms with van der Waals surface area (Å²) in [6, 6.07) is 0. The van der Waals surface area contributed by atoms with E-state index in [4.69, 9.17) is 4.55 Å². The Kier molecular flexibility index (Phi) is 4.33. The largest absolute Gasteiger partial charge is 0.294 e. The summed E-state index contributed by atoms with van der Waals surface area (Å²) >= 11 is 0. The number of rotatable bonds is 5. The number of hydrogen-bond donors (Lipinski definition) is 1. The van der Waals surface area contributed by atoms with Gasteiger partial charge in [0.2, 0.25) is 0 Å². The first-order valence-electron chi connectivity index (χ1n) is 5.74. The number of hydrogen-bond acceptors (Lipinski definition) is 2. The summed E-state index contributed by atoms with van der Waals surface area (Å²) in [5, 5.41) is 0. The Balaban J connectivity index is 2.60. The average molecular weight is 244 g/mol. The fourth-order valence-electron chi connectivity index (χ4n) is 1.91. The van der Waals surface area contributed by atoms with Gasteiger partial charge >= 0.3 is 0 Å². The van der Waals surface area contributed by atoms with Crippen LogP contribution < -0.4 is 0 Å². The molecule has 1 aliphatic carbocycles. The molecule has 92 valence electrons. The second-order valence-electron chi connectivity index (χ2n) is 4.73. The van der Waals surface area contributed by atoms with Gasteiger partial charge in [0.1, 0.15) is 0 Å². The van der Waals surface area contributed by atoms with Gasteiger partial charge in [0.15, 0.2) is 0 Å². The molecule has 1 atom stereocenters. The zero-order chi connectivity index (χ0) is 12.2. The van der Waals surface area contributed by atoms with Gasteiger partial charge in [-0.2, -0.15) is 8.42 Å².